The Morgan fingerprint density at radius 2 is 1.75 bits per heavy atom. The quantitative estimate of drug-likeness (QED) is 0.898. The van der Waals surface area contributed by atoms with Crippen LogP contribution in [0, 0.1) is 5.82 Å². The fraction of sp³-hybridized carbons (Fsp3) is 0.176. The Hall–Kier alpha value is -2.05. The predicted octanol–water partition coefficient (Wildman–Crippen LogP) is 3.82. The van der Waals surface area contributed by atoms with Crippen LogP contribution in [0.25, 0.3) is 0 Å². The molecule has 1 N–H and O–H groups in total. The van der Waals surface area contributed by atoms with Crippen LogP contribution < -0.4 is 0 Å². The molecule has 1 amide bonds. The van der Waals surface area contributed by atoms with Crippen molar-refractivity contribution in [3.05, 3.63) is 70.5 Å². The molecule has 2 aromatic carbocycles. The van der Waals surface area contributed by atoms with Crippen LogP contribution in [0.2, 0.25) is 5.02 Å². The van der Waals surface area contributed by atoms with Gasteiger partial charge >= 0.3 is 5.97 Å². The molecule has 0 aromatic heterocycles. The lowest BCUT2D eigenvalue weighted by Gasteiger charge is -2.27. The van der Waals surface area contributed by atoms with Crippen LogP contribution in [0.15, 0.2) is 48.5 Å². The molecule has 4 nitrogen and oxygen atoms in total. The highest BCUT2D eigenvalue weighted by Crippen LogP contribution is 2.42. The lowest BCUT2D eigenvalue weighted by Crippen LogP contribution is -2.42. The summed E-state index contributed by atoms with van der Waals surface area (Å²) in [6.07, 6.45) is 0. The molecular formula is C17H13ClFNO3S. The molecule has 0 saturated carbocycles. The Bertz CT molecular complexity index is 766. The van der Waals surface area contributed by atoms with Gasteiger partial charge in [0, 0.05) is 16.3 Å². The zero-order valence-electron chi connectivity index (χ0n) is 12.4. The monoisotopic (exact) mass is 365 g/mol. The summed E-state index contributed by atoms with van der Waals surface area (Å²) in [6.45, 7) is 0. The molecule has 3 rings (SSSR count). The normalized spacial score (nSPS) is 20.2. The molecule has 1 fully saturated rings. The molecule has 7 heteroatoms. The van der Waals surface area contributed by atoms with Gasteiger partial charge < -0.3 is 10.0 Å². The number of carbonyl (C=O) groups is 2. The third-order valence-electron chi connectivity index (χ3n) is 3.77. The summed E-state index contributed by atoms with van der Waals surface area (Å²) in [6, 6.07) is 11.1. The lowest BCUT2D eigenvalue weighted by molar-refractivity contribution is -0.141. The van der Waals surface area contributed by atoms with Crippen molar-refractivity contribution in [3.8, 4) is 0 Å². The topological polar surface area (TPSA) is 57.6 Å². The van der Waals surface area contributed by atoms with Gasteiger partial charge in [-0.05, 0) is 42.0 Å². The number of rotatable bonds is 3. The van der Waals surface area contributed by atoms with E-state index in [1.54, 1.807) is 36.4 Å². The number of halogens is 2. The maximum Gasteiger partial charge on any atom is 0.327 e. The second-order valence-electron chi connectivity index (χ2n) is 5.31. The molecule has 2 unspecified atom stereocenters. The summed E-state index contributed by atoms with van der Waals surface area (Å²) in [5.74, 6) is -1.56. The molecule has 0 bridgehead atoms. The van der Waals surface area contributed by atoms with Crippen molar-refractivity contribution >= 4 is 35.2 Å². The Kier molecular flexibility index (Phi) is 4.78. The summed E-state index contributed by atoms with van der Waals surface area (Å²) in [5, 5.41) is 9.46. The van der Waals surface area contributed by atoms with E-state index in [1.807, 2.05) is 0 Å². The van der Waals surface area contributed by atoms with Crippen LogP contribution in [0.1, 0.15) is 21.3 Å². The van der Waals surface area contributed by atoms with Gasteiger partial charge in [0.05, 0.1) is 0 Å². The molecule has 124 valence electrons. The molecule has 0 spiro atoms. The van der Waals surface area contributed by atoms with Gasteiger partial charge in [-0.1, -0.05) is 23.7 Å². The summed E-state index contributed by atoms with van der Waals surface area (Å²) >= 11 is 7.18. The molecule has 1 aliphatic rings. The van der Waals surface area contributed by atoms with Crippen molar-refractivity contribution in [1.29, 1.82) is 0 Å². The van der Waals surface area contributed by atoms with Crippen LogP contribution >= 0.6 is 23.4 Å². The molecule has 2 atom stereocenters. The number of benzene rings is 2. The first-order valence-electron chi connectivity index (χ1n) is 7.15. The van der Waals surface area contributed by atoms with E-state index in [4.69, 9.17) is 11.6 Å². The van der Waals surface area contributed by atoms with E-state index in [1.165, 1.54) is 28.8 Å². The SMILES string of the molecule is O=C(O)C1CSC(c2ccc(F)cc2)N1C(=O)c1ccc(Cl)cc1. The number of amides is 1. The van der Waals surface area contributed by atoms with Crippen molar-refractivity contribution in [1.82, 2.24) is 4.90 Å². The van der Waals surface area contributed by atoms with E-state index in [0.29, 0.717) is 16.1 Å². The van der Waals surface area contributed by atoms with Crippen LogP contribution in [-0.4, -0.2) is 33.7 Å². The van der Waals surface area contributed by atoms with Crippen molar-refractivity contribution in [2.75, 3.05) is 5.75 Å². The molecular weight excluding hydrogens is 353 g/mol. The van der Waals surface area contributed by atoms with E-state index in [2.05, 4.69) is 0 Å². The second kappa shape index (κ2) is 6.83. The Morgan fingerprint density at radius 3 is 2.33 bits per heavy atom. The molecule has 1 heterocycles. The van der Waals surface area contributed by atoms with Gasteiger partial charge in [0.25, 0.3) is 5.91 Å². The summed E-state index contributed by atoms with van der Waals surface area (Å²) in [7, 11) is 0. The maximum absolute atomic E-state index is 13.1. The van der Waals surface area contributed by atoms with Gasteiger partial charge in [0.1, 0.15) is 17.2 Å². The second-order valence-corrected chi connectivity index (χ2v) is 6.86. The van der Waals surface area contributed by atoms with Crippen LogP contribution in [0.3, 0.4) is 0 Å². The van der Waals surface area contributed by atoms with E-state index < -0.39 is 23.3 Å². The first-order chi connectivity index (χ1) is 11.5. The molecule has 2 aromatic rings. The van der Waals surface area contributed by atoms with Crippen molar-refractivity contribution in [2.45, 2.75) is 11.4 Å². The highest BCUT2D eigenvalue weighted by Gasteiger charge is 2.42. The third kappa shape index (κ3) is 3.25. The highest BCUT2D eigenvalue weighted by molar-refractivity contribution is 7.99. The van der Waals surface area contributed by atoms with Crippen LogP contribution in [0.5, 0.6) is 0 Å². The minimum atomic E-state index is -1.06. The fourth-order valence-electron chi connectivity index (χ4n) is 2.57. The van der Waals surface area contributed by atoms with E-state index in [9.17, 15) is 19.1 Å². The van der Waals surface area contributed by atoms with Gasteiger partial charge in [-0.3, -0.25) is 4.79 Å². The first kappa shape index (κ1) is 16.8. The first-order valence-corrected chi connectivity index (χ1v) is 8.58. The summed E-state index contributed by atoms with van der Waals surface area (Å²) < 4.78 is 13.1. The van der Waals surface area contributed by atoms with E-state index >= 15 is 0 Å². The Morgan fingerprint density at radius 1 is 1.12 bits per heavy atom. The molecule has 1 aliphatic heterocycles. The number of aliphatic carboxylic acids is 1. The Balaban J connectivity index is 1.97. The number of hydrogen-bond acceptors (Lipinski definition) is 3. The molecule has 0 aliphatic carbocycles. The standard InChI is InChI=1S/C17H13ClFNO3S/c18-12-5-1-10(2-6-12)15(21)20-14(17(22)23)9-24-16(20)11-3-7-13(19)8-4-11/h1-8,14,16H,9H2,(H,22,23). The number of nitrogens with zero attached hydrogens (tertiary/aromatic N) is 1. The Labute approximate surface area is 147 Å². The summed E-state index contributed by atoms with van der Waals surface area (Å²) in [4.78, 5) is 25.7. The lowest BCUT2D eigenvalue weighted by atomic mass is 10.1. The number of carboxylic acids is 1. The number of carbonyl (C=O) groups excluding carboxylic acids is 1. The van der Waals surface area contributed by atoms with Crippen molar-refractivity contribution in [3.63, 3.8) is 0 Å². The number of thioether (sulfide) groups is 1. The minimum Gasteiger partial charge on any atom is -0.480 e. The number of carboxylic acid groups (broad SMARTS) is 1. The molecule has 24 heavy (non-hydrogen) atoms. The average molecular weight is 366 g/mol. The van der Waals surface area contributed by atoms with Crippen molar-refractivity contribution < 1.29 is 19.1 Å². The summed E-state index contributed by atoms with van der Waals surface area (Å²) in [5.41, 5.74) is 1.05. The molecule has 1 saturated heterocycles. The van der Waals surface area contributed by atoms with Crippen LogP contribution in [0.4, 0.5) is 4.39 Å². The fourth-order valence-corrected chi connectivity index (χ4v) is 4.12. The smallest absolute Gasteiger partial charge is 0.327 e. The van der Waals surface area contributed by atoms with Crippen molar-refractivity contribution in [2.24, 2.45) is 0 Å². The van der Waals surface area contributed by atoms with Gasteiger partial charge in [-0.15, -0.1) is 11.8 Å². The third-order valence-corrected chi connectivity index (χ3v) is 5.34. The van der Waals surface area contributed by atoms with Crippen LogP contribution in [-0.2, 0) is 4.79 Å². The van der Waals surface area contributed by atoms with E-state index in [-0.39, 0.29) is 11.6 Å². The maximum atomic E-state index is 13.1. The predicted molar refractivity (Wildman–Crippen MR) is 90.6 cm³/mol. The zero-order chi connectivity index (χ0) is 17.3. The minimum absolute atomic E-state index is 0.275. The highest BCUT2D eigenvalue weighted by atomic mass is 35.5. The van der Waals surface area contributed by atoms with Gasteiger partial charge in [-0.25, -0.2) is 9.18 Å². The van der Waals surface area contributed by atoms with Gasteiger partial charge in [-0.2, -0.15) is 0 Å². The molecule has 0 radical (unpaired) electrons. The van der Waals surface area contributed by atoms with E-state index in [0.717, 1.165) is 0 Å². The van der Waals surface area contributed by atoms with Gasteiger partial charge in [0.15, 0.2) is 0 Å². The van der Waals surface area contributed by atoms with Gasteiger partial charge in [0.2, 0.25) is 0 Å². The average Bonchev–Trinajstić information content (AvgIpc) is 3.01. The number of hydrogen-bond donors (Lipinski definition) is 1. The zero-order valence-corrected chi connectivity index (χ0v) is 13.9. The largest absolute Gasteiger partial charge is 0.480 e.